The number of hydrogen-bond donors (Lipinski definition) is 0. The fourth-order valence-electron chi connectivity index (χ4n) is 4.31. The Morgan fingerprint density at radius 2 is 1.87 bits per heavy atom. The second-order valence-corrected chi connectivity index (χ2v) is 10.7. The smallest absolute Gasteiger partial charge is 0.266 e. The van der Waals surface area contributed by atoms with Crippen molar-refractivity contribution in [1.29, 1.82) is 0 Å². The molecule has 1 aromatic carbocycles. The highest BCUT2D eigenvalue weighted by atomic mass is 32.2. The summed E-state index contributed by atoms with van der Waals surface area (Å²) in [5.41, 5.74) is 1.85. The molecular formula is C20H24N6O4S. The Bertz CT molecular complexity index is 1210. The van der Waals surface area contributed by atoms with Gasteiger partial charge in [-0.2, -0.15) is 14.4 Å². The van der Waals surface area contributed by atoms with Gasteiger partial charge in [0.25, 0.3) is 11.8 Å². The maximum Gasteiger partial charge on any atom is 0.266 e. The van der Waals surface area contributed by atoms with Gasteiger partial charge in [-0.15, -0.1) is 0 Å². The van der Waals surface area contributed by atoms with Gasteiger partial charge in [0, 0.05) is 37.1 Å². The Morgan fingerprint density at radius 3 is 2.55 bits per heavy atom. The van der Waals surface area contributed by atoms with Crippen LogP contribution in [0, 0.1) is 0 Å². The van der Waals surface area contributed by atoms with Crippen molar-refractivity contribution >= 4 is 26.9 Å². The van der Waals surface area contributed by atoms with Crippen molar-refractivity contribution in [2.75, 3.05) is 44.3 Å². The van der Waals surface area contributed by atoms with E-state index in [2.05, 4.69) is 15.2 Å². The van der Waals surface area contributed by atoms with E-state index >= 15 is 0 Å². The number of rotatable bonds is 5. The number of hydrogen-bond acceptors (Lipinski definition) is 8. The van der Waals surface area contributed by atoms with Crippen LogP contribution in [-0.2, 0) is 14.8 Å². The first-order valence-electron chi connectivity index (χ1n) is 10.7. The van der Waals surface area contributed by atoms with E-state index in [-0.39, 0.29) is 11.3 Å². The fourth-order valence-corrected chi connectivity index (χ4v) is 6.33. The normalized spacial score (nSPS) is 21.4. The molecule has 2 aliphatic heterocycles. The van der Waals surface area contributed by atoms with Gasteiger partial charge in [0.05, 0.1) is 36.2 Å². The van der Waals surface area contributed by atoms with E-state index in [1.165, 1.54) is 0 Å². The van der Waals surface area contributed by atoms with Crippen LogP contribution in [0.5, 0.6) is 0 Å². The Labute approximate surface area is 179 Å². The fraction of sp³-hybridized carbons (Fsp3) is 0.550. The number of nitrogens with zero attached hydrogens (tertiary/aromatic N) is 6. The van der Waals surface area contributed by atoms with Crippen molar-refractivity contribution in [3.8, 4) is 11.5 Å². The number of aromatic nitrogens is 4. The van der Waals surface area contributed by atoms with Gasteiger partial charge in [0.2, 0.25) is 10.0 Å². The summed E-state index contributed by atoms with van der Waals surface area (Å²) in [6.07, 6.45) is 4.44. The average molecular weight is 445 g/mol. The van der Waals surface area contributed by atoms with Gasteiger partial charge in [-0.1, -0.05) is 12.5 Å². The van der Waals surface area contributed by atoms with Crippen LogP contribution < -0.4 is 4.90 Å². The lowest BCUT2D eigenvalue weighted by Gasteiger charge is -2.37. The molecule has 0 bridgehead atoms. The maximum absolute atomic E-state index is 12.6. The van der Waals surface area contributed by atoms with Crippen molar-refractivity contribution in [1.82, 2.24) is 24.2 Å². The van der Waals surface area contributed by atoms with E-state index in [1.54, 1.807) is 4.31 Å². The monoisotopic (exact) mass is 444 g/mol. The van der Waals surface area contributed by atoms with Crippen LogP contribution in [0.15, 0.2) is 28.9 Å². The first kappa shape index (κ1) is 19.2. The van der Waals surface area contributed by atoms with Crippen molar-refractivity contribution < 1.29 is 17.7 Å². The zero-order chi connectivity index (χ0) is 21.0. The standard InChI is InChI=1S/C20H24N6O4S/c27-31(28,17-2-1-3-17)25-8-6-24(7-9-25)20-22-19(30-23-20)14-4-5-15-11-21-26(18(15)10-14)16-12-29-13-16/h4-5,10-11,16-17H,1-3,6-9,12-13H2. The largest absolute Gasteiger partial charge is 0.377 e. The lowest BCUT2D eigenvalue weighted by atomic mass is 10.0. The van der Waals surface area contributed by atoms with Crippen molar-refractivity contribution in [3.63, 3.8) is 0 Å². The Hall–Kier alpha value is -2.50. The summed E-state index contributed by atoms with van der Waals surface area (Å²) >= 11 is 0. The van der Waals surface area contributed by atoms with Gasteiger partial charge < -0.3 is 14.2 Å². The Morgan fingerprint density at radius 1 is 1.06 bits per heavy atom. The van der Waals surface area contributed by atoms with E-state index in [0.29, 0.717) is 51.2 Å². The second kappa shape index (κ2) is 7.28. The molecule has 6 rings (SSSR count). The molecule has 0 amide bonds. The summed E-state index contributed by atoms with van der Waals surface area (Å²) in [6, 6.07) is 6.23. The highest BCUT2D eigenvalue weighted by molar-refractivity contribution is 7.89. The van der Waals surface area contributed by atoms with Crippen LogP contribution in [-0.4, -0.2) is 77.3 Å². The van der Waals surface area contributed by atoms with E-state index in [1.807, 2.05) is 34.0 Å². The molecule has 1 saturated carbocycles. The van der Waals surface area contributed by atoms with Crippen LogP contribution >= 0.6 is 0 Å². The summed E-state index contributed by atoms with van der Waals surface area (Å²) in [6.45, 7) is 3.37. The number of ether oxygens (including phenoxy) is 1. The van der Waals surface area contributed by atoms with Crippen molar-refractivity contribution in [2.24, 2.45) is 0 Å². The van der Waals surface area contributed by atoms with Gasteiger partial charge in [-0.25, -0.2) is 8.42 Å². The summed E-state index contributed by atoms with van der Waals surface area (Å²) in [5, 5.41) is 9.50. The van der Waals surface area contributed by atoms with E-state index in [9.17, 15) is 8.42 Å². The van der Waals surface area contributed by atoms with Gasteiger partial charge in [-0.05, 0) is 30.1 Å². The molecule has 2 aromatic heterocycles. The third-order valence-electron chi connectivity index (χ3n) is 6.58. The number of fused-ring (bicyclic) bond motifs is 1. The minimum absolute atomic E-state index is 0.189. The lowest BCUT2D eigenvalue weighted by molar-refractivity contribution is -0.0266. The van der Waals surface area contributed by atoms with Gasteiger partial charge in [0.1, 0.15) is 0 Å². The minimum Gasteiger partial charge on any atom is -0.377 e. The van der Waals surface area contributed by atoms with Gasteiger partial charge in [-0.3, -0.25) is 4.68 Å². The number of piperazine rings is 1. The van der Waals surface area contributed by atoms with Crippen LogP contribution in [0.1, 0.15) is 25.3 Å². The van der Waals surface area contributed by atoms with E-state index in [4.69, 9.17) is 9.26 Å². The molecule has 31 heavy (non-hydrogen) atoms. The van der Waals surface area contributed by atoms with E-state index in [0.717, 1.165) is 35.7 Å². The van der Waals surface area contributed by atoms with E-state index < -0.39 is 10.0 Å². The predicted molar refractivity (Wildman–Crippen MR) is 113 cm³/mol. The molecule has 0 spiro atoms. The molecule has 164 valence electrons. The van der Waals surface area contributed by atoms with Gasteiger partial charge >= 0.3 is 0 Å². The predicted octanol–water partition coefficient (Wildman–Crippen LogP) is 1.66. The zero-order valence-corrected chi connectivity index (χ0v) is 17.9. The van der Waals surface area contributed by atoms with Gasteiger partial charge in [0.15, 0.2) is 0 Å². The summed E-state index contributed by atoms with van der Waals surface area (Å²) in [5.74, 6) is 0.940. The third kappa shape index (κ3) is 3.22. The van der Waals surface area contributed by atoms with Crippen LogP contribution in [0.4, 0.5) is 5.95 Å². The molecule has 2 saturated heterocycles. The molecule has 3 aromatic rings. The third-order valence-corrected chi connectivity index (χ3v) is 8.98. The average Bonchev–Trinajstić information content (AvgIpc) is 3.33. The minimum atomic E-state index is -3.17. The first-order chi connectivity index (χ1) is 15.1. The van der Waals surface area contributed by atoms with Crippen LogP contribution in [0.25, 0.3) is 22.4 Å². The van der Waals surface area contributed by atoms with Crippen molar-refractivity contribution in [2.45, 2.75) is 30.6 Å². The molecular weight excluding hydrogens is 420 g/mol. The highest BCUT2D eigenvalue weighted by Crippen LogP contribution is 2.30. The Kier molecular flexibility index (Phi) is 4.51. The molecule has 0 N–H and O–H groups in total. The summed E-state index contributed by atoms with van der Waals surface area (Å²) in [7, 11) is -3.17. The number of anilines is 1. The molecule has 3 fully saturated rings. The second-order valence-electron chi connectivity index (χ2n) is 8.44. The zero-order valence-electron chi connectivity index (χ0n) is 17.1. The molecule has 0 unspecified atom stereocenters. The van der Waals surface area contributed by atoms with Crippen LogP contribution in [0.2, 0.25) is 0 Å². The lowest BCUT2D eigenvalue weighted by Crippen LogP contribution is -2.52. The molecule has 10 nitrogen and oxygen atoms in total. The highest BCUT2D eigenvalue weighted by Gasteiger charge is 2.38. The number of benzene rings is 1. The quantitative estimate of drug-likeness (QED) is 0.585. The van der Waals surface area contributed by atoms with Crippen LogP contribution in [0.3, 0.4) is 0 Å². The molecule has 0 radical (unpaired) electrons. The molecule has 1 aliphatic carbocycles. The summed E-state index contributed by atoms with van der Waals surface area (Å²) in [4.78, 5) is 6.56. The summed E-state index contributed by atoms with van der Waals surface area (Å²) < 4.78 is 39.7. The van der Waals surface area contributed by atoms with Crippen molar-refractivity contribution in [3.05, 3.63) is 24.4 Å². The SMILES string of the molecule is O=S(=O)(C1CCC1)N1CCN(c2noc(-c3ccc4cnn(C5COC5)c4c3)n2)CC1. The topological polar surface area (TPSA) is 107 Å². The molecule has 11 heteroatoms. The maximum atomic E-state index is 12.6. The first-order valence-corrected chi connectivity index (χ1v) is 12.2. The molecule has 0 atom stereocenters. The Balaban J connectivity index is 1.18. The molecule has 3 aliphatic rings. The number of sulfonamides is 1. The molecule has 4 heterocycles.